The predicted molar refractivity (Wildman–Crippen MR) is 74.1 cm³/mol. The van der Waals surface area contributed by atoms with Crippen LogP contribution < -0.4 is 5.32 Å². The summed E-state index contributed by atoms with van der Waals surface area (Å²) >= 11 is 0. The van der Waals surface area contributed by atoms with Gasteiger partial charge in [-0.15, -0.1) is 0 Å². The van der Waals surface area contributed by atoms with Gasteiger partial charge < -0.3 is 10.4 Å². The number of rotatable bonds is 8. The van der Waals surface area contributed by atoms with Gasteiger partial charge in [-0.05, 0) is 56.9 Å². The zero-order chi connectivity index (χ0) is 12.5. The molecule has 0 radical (unpaired) electrons. The molecule has 0 saturated heterocycles. The summed E-state index contributed by atoms with van der Waals surface area (Å²) in [5, 5.41) is 12.8. The van der Waals surface area contributed by atoms with E-state index in [0.29, 0.717) is 12.5 Å². The van der Waals surface area contributed by atoms with E-state index >= 15 is 0 Å². The number of aliphatic hydroxyl groups is 1. The van der Waals surface area contributed by atoms with Gasteiger partial charge in [-0.25, -0.2) is 0 Å². The maximum Gasteiger partial charge on any atom is 0.0434 e. The standard InChI is InChI=1S/C15H31NO/c1-3-5-14(10-11-17)12-16-15-8-6-13(4-2)7-9-15/h13-17H,3-12H2,1-2H3. The molecule has 1 rings (SSSR count). The van der Waals surface area contributed by atoms with Gasteiger partial charge in [-0.1, -0.05) is 26.7 Å². The van der Waals surface area contributed by atoms with Gasteiger partial charge in [0.05, 0.1) is 0 Å². The summed E-state index contributed by atoms with van der Waals surface area (Å²) in [5.41, 5.74) is 0. The minimum absolute atomic E-state index is 0.342. The third-order valence-corrected chi connectivity index (χ3v) is 4.35. The van der Waals surface area contributed by atoms with Crippen LogP contribution in [0, 0.1) is 11.8 Å². The van der Waals surface area contributed by atoms with E-state index in [2.05, 4.69) is 19.2 Å². The Morgan fingerprint density at radius 3 is 2.35 bits per heavy atom. The van der Waals surface area contributed by atoms with Crippen molar-refractivity contribution in [2.24, 2.45) is 11.8 Å². The second-order valence-corrected chi connectivity index (χ2v) is 5.70. The van der Waals surface area contributed by atoms with Crippen LogP contribution in [0.25, 0.3) is 0 Å². The number of hydrogen-bond donors (Lipinski definition) is 2. The minimum Gasteiger partial charge on any atom is -0.396 e. The lowest BCUT2D eigenvalue weighted by Crippen LogP contribution is -2.36. The quantitative estimate of drug-likeness (QED) is 0.683. The third-order valence-electron chi connectivity index (χ3n) is 4.35. The molecule has 1 atom stereocenters. The zero-order valence-corrected chi connectivity index (χ0v) is 11.8. The first-order valence-corrected chi connectivity index (χ1v) is 7.64. The molecular formula is C15H31NO. The number of hydrogen-bond acceptors (Lipinski definition) is 2. The van der Waals surface area contributed by atoms with Gasteiger partial charge in [0.15, 0.2) is 0 Å². The monoisotopic (exact) mass is 241 g/mol. The highest BCUT2D eigenvalue weighted by molar-refractivity contribution is 4.77. The fourth-order valence-corrected chi connectivity index (χ4v) is 3.05. The summed E-state index contributed by atoms with van der Waals surface area (Å²) in [6.45, 7) is 6.00. The van der Waals surface area contributed by atoms with Crippen LogP contribution in [0.15, 0.2) is 0 Å². The second kappa shape index (κ2) is 8.93. The van der Waals surface area contributed by atoms with E-state index in [-0.39, 0.29) is 0 Å². The Morgan fingerprint density at radius 1 is 1.12 bits per heavy atom. The van der Waals surface area contributed by atoms with E-state index in [4.69, 9.17) is 5.11 Å². The summed E-state index contributed by atoms with van der Waals surface area (Å²) in [4.78, 5) is 0. The lowest BCUT2D eigenvalue weighted by molar-refractivity contribution is 0.233. The van der Waals surface area contributed by atoms with Gasteiger partial charge in [0.25, 0.3) is 0 Å². The van der Waals surface area contributed by atoms with Crippen molar-refractivity contribution in [1.29, 1.82) is 0 Å². The number of aliphatic hydroxyl groups excluding tert-OH is 1. The van der Waals surface area contributed by atoms with E-state index in [1.165, 1.54) is 44.9 Å². The Kier molecular flexibility index (Phi) is 7.87. The van der Waals surface area contributed by atoms with E-state index in [9.17, 15) is 0 Å². The van der Waals surface area contributed by atoms with Gasteiger partial charge in [-0.3, -0.25) is 0 Å². The summed E-state index contributed by atoms with van der Waals surface area (Å²) in [5.74, 6) is 1.66. The van der Waals surface area contributed by atoms with Gasteiger partial charge in [0.1, 0.15) is 0 Å². The van der Waals surface area contributed by atoms with Gasteiger partial charge in [0.2, 0.25) is 0 Å². The molecule has 1 aliphatic carbocycles. The van der Waals surface area contributed by atoms with Crippen LogP contribution in [0.2, 0.25) is 0 Å². The molecule has 2 heteroatoms. The fraction of sp³-hybridized carbons (Fsp3) is 1.00. The summed E-state index contributed by atoms with van der Waals surface area (Å²) in [6.07, 6.45) is 10.3. The Hall–Kier alpha value is -0.0800. The van der Waals surface area contributed by atoms with Crippen molar-refractivity contribution in [3.63, 3.8) is 0 Å². The molecule has 0 aromatic carbocycles. The van der Waals surface area contributed by atoms with Crippen molar-refractivity contribution in [2.75, 3.05) is 13.2 Å². The van der Waals surface area contributed by atoms with Crippen LogP contribution in [0.1, 0.15) is 65.2 Å². The highest BCUT2D eigenvalue weighted by Crippen LogP contribution is 2.26. The molecule has 0 spiro atoms. The predicted octanol–water partition coefficient (Wildman–Crippen LogP) is 3.34. The van der Waals surface area contributed by atoms with Crippen LogP contribution in [0.4, 0.5) is 0 Å². The molecule has 1 aliphatic rings. The molecule has 1 fully saturated rings. The first-order valence-electron chi connectivity index (χ1n) is 7.64. The van der Waals surface area contributed by atoms with Crippen molar-refractivity contribution in [2.45, 2.75) is 71.3 Å². The lowest BCUT2D eigenvalue weighted by atomic mass is 9.84. The molecule has 2 N–H and O–H groups in total. The highest BCUT2D eigenvalue weighted by Gasteiger charge is 2.20. The van der Waals surface area contributed by atoms with E-state index in [1.54, 1.807) is 0 Å². The van der Waals surface area contributed by atoms with Crippen LogP contribution in [0.3, 0.4) is 0 Å². The average molecular weight is 241 g/mol. The van der Waals surface area contributed by atoms with Crippen LogP contribution in [0.5, 0.6) is 0 Å². The van der Waals surface area contributed by atoms with Crippen LogP contribution in [-0.4, -0.2) is 24.3 Å². The molecule has 1 saturated carbocycles. The first-order chi connectivity index (χ1) is 8.30. The van der Waals surface area contributed by atoms with Crippen LogP contribution in [-0.2, 0) is 0 Å². The normalized spacial score (nSPS) is 27.0. The topological polar surface area (TPSA) is 32.3 Å². The Labute approximate surface area is 107 Å². The molecule has 0 aromatic rings. The van der Waals surface area contributed by atoms with E-state index in [1.807, 2.05) is 0 Å². The SMILES string of the molecule is CCCC(CCO)CNC1CCC(CC)CC1. The maximum atomic E-state index is 9.04. The van der Waals surface area contributed by atoms with Gasteiger partial charge >= 0.3 is 0 Å². The Bertz CT molecular complexity index is 170. The molecular weight excluding hydrogens is 210 g/mol. The summed E-state index contributed by atoms with van der Waals surface area (Å²) in [6, 6.07) is 0.746. The maximum absolute atomic E-state index is 9.04. The van der Waals surface area contributed by atoms with E-state index in [0.717, 1.165) is 24.9 Å². The summed E-state index contributed by atoms with van der Waals surface area (Å²) in [7, 11) is 0. The first kappa shape index (κ1) is 15.0. The molecule has 0 aliphatic heterocycles. The van der Waals surface area contributed by atoms with Crippen molar-refractivity contribution in [3.05, 3.63) is 0 Å². The lowest BCUT2D eigenvalue weighted by Gasteiger charge is -2.30. The molecule has 1 unspecified atom stereocenters. The Morgan fingerprint density at radius 2 is 1.82 bits per heavy atom. The zero-order valence-electron chi connectivity index (χ0n) is 11.8. The molecule has 2 nitrogen and oxygen atoms in total. The molecule has 0 aromatic heterocycles. The smallest absolute Gasteiger partial charge is 0.0434 e. The highest BCUT2D eigenvalue weighted by atomic mass is 16.3. The second-order valence-electron chi connectivity index (χ2n) is 5.70. The molecule has 0 heterocycles. The minimum atomic E-state index is 0.342. The van der Waals surface area contributed by atoms with Crippen molar-refractivity contribution < 1.29 is 5.11 Å². The molecule has 17 heavy (non-hydrogen) atoms. The van der Waals surface area contributed by atoms with Crippen molar-refractivity contribution in [3.8, 4) is 0 Å². The van der Waals surface area contributed by atoms with Crippen molar-refractivity contribution >= 4 is 0 Å². The Balaban J connectivity index is 2.16. The van der Waals surface area contributed by atoms with Gasteiger partial charge in [-0.2, -0.15) is 0 Å². The average Bonchev–Trinajstić information content (AvgIpc) is 2.37. The fourth-order valence-electron chi connectivity index (χ4n) is 3.05. The van der Waals surface area contributed by atoms with Gasteiger partial charge in [0, 0.05) is 12.6 Å². The molecule has 0 bridgehead atoms. The van der Waals surface area contributed by atoms with Crippen molar-refractivity contribution in [1.82, 2.24) is 5.32 Å². The van der Waals surface area contributed by atoms with Crippen LogP contribution >= 0.6 is 0 Å². The van der Waals surface area contributed by atoms with E-state index < -0.39 is 0 Å². The summed E-state index contributed by atoms with van der Waals surface area (Å²) < 4.78 is 0. The number of nitrogens with one attached hydrogen (secondary N) is 1. The molecule has 0 amide bonds. The third kappa shape index (κ3) is 5.87. The largest absolute Gasteiger partial charge is 0.396 e. The molecule has 102 valence electrons.